The minimum absolute atomic E-state index is 0.281. The van der Waals surface area contributed by atoms with Crippen LogP contribution >= 0.6 is 0 Å². The highest BCUT2D eigenvalue weighted by molar-refractivity contribution is 6.07. The number of aromatic nitrogens is 1. The predicted molar refractivity (Wildman–Crippen MR) is 160 cm³/mol. The molecule has 1 aliphatic heterocycles. The maximum absolute atomic E-state index is 13.4. The summed E-state index contributed by atoms with van der Waals surface area (Å²) in [4.78, 5) is 44.5. The summed E-state index contributed by atoms with van der Waals surface area (Å²) in [6.45, 7) is 12.0. The monoisotopic (exact) mass is 555 g/mol. The number of rotatable bonds is 5. The molecule has 3 aromatic rings. The number of hydrogen-bond donors (Lipinski definition) is 1. The molecule has 0 saturated heterocycles. The fourth-order valence-electron chi connectivity index (χ4n) is 4.30. The minimum Gasteiger partial charge on any atom is -0.456 e. The minimum atomic E-state index is -0.596. The Labute approximate surface area is 241 Å². The highest BCUT2D eigenvalue weighted by atomic mass is 16.6. The van der Waals surface area contributed by atoms with E-state index in [1.165, 1.54) is 0 Å². The quantitative estimate of drug-likeness (QED) is 0.341. The van der Waals surface area contributed by atoms with Crippen molar-refractivity contribution in [3.05, 3.63) is 89.8 Å². The summed E-state index contributed by atoms with van der Waals surface area (Å²) in [5.74, 6) is -0.792. The highest BCUT2D eigenvalue weighted by Gasteiger charge is 2.25. The van der Waals surface area contributed by atoms with Gasteiger partial charge in [0.15, 0.2) is 0 Å². The Morgan fingerprint density at radius 3 is 2.10 bits per heavy atom. The smallest absolute Gasteiger partial charge is 0.410 e. The van der Waals surface area contributed by atoms with Gasteiger partial charge in [-0.05, 0) is 95.0 Å². The lowest BCUT2D eigenvalue weighted by molar-refractivity contribution is 0.00688. The average molecular weight is 556 g/mol. The van der Waals surface area contributed by atoms with Gasteiger partial charge in [0.25, 0.3) is 5.91 Å². The number of esters is 1. The molecule has 0 unspecified atom stereocenters. The first-order valence-corrected chi connectivity index (χ1v) is 13.7. The van der Waals surface area contributed by atoms with Gasteiger partial charge in [-0.3, -0.25) is 4.79 Å². The van der Waals surface area contributed by atoms with Gasteiger partial charge in [0.2, 0.25) is 0 Å². The Bertz CT molecular complexity index is 1450. The molecule has 0 spiro atoms. The number of pyridine rings is 1. The summed E-state index contributed by atoms with van der Waals surface area (Å²) in [5, 5.41) is 2.89. The van der Waals surface area contributed by atoms with Crippen molar-refractivity contribution in [2.45, 2.75) is 59.2 Å². The van der Waals surface area contributed by atoms with Crippen LogP contribution in [0.1, 0.15) is 74.4 Å². The van der Waals surface area contributed by atoms with E-state index >= 15 is 0 Å². The van der Waals surface area contributed by atoms with Crippen molar-refractivity contribution in [1.29, 1.82) is 0 Å². The number of carbonyl (C=O) groups is 3. The van der Waals surface area contributed by atoms with E-state index < -0.39 is 17.2 Å². The topological polar surface area (TPSA) is 97.8 Å². The molecule has 0 saturated carbocycles. The van der Waals surface area contributed by atoms with Crippen LogP contribution in [-0.4, -0.2) is 52.1 Å². The van der Waals surface area contributed by atoms with E-state index in [4.69, 9.17) is 9.47 Å². The number of carbonyl (C=O) groups excluding carboxylic acids is 3. The van der Waals surface area contributed by atoms with Crippen molar-refractivity contribution in [2.24, 2.45) is 0 Å². The van der Waals surface area contributed by atoms with Crippen LogP contribution in [0.2, 0.25) is 0 Å². The zero-order chi connectivity index (χ0) is 29.8. The fraction of sp³-hybridized carbons (Fsp3) is 0.333. The normalized spacial score (nSPS) is 13.7. The lowest BCUT2D eigenvalue weighted by atomic mass is 9.96. The van der Waals surface area contributed by atoms with Gasteiger partial charge in [0.05, 0.1) is 5.56 Å². The van der Waals surface area contributed by atoms with E-state index in [0.717, 1.165) is 16.7 Å². The maximum atomic E-state index is 13.4. The van der Waals surface area contributed by atoms with Crippen molar-refractivity contribution in [3.8, 4) is 11.1 Å². The van der Waals surface area contributed by atoms with Gasteiger partial charge in [0, 0.05) is 30.5 Å². The number of ether oxygens (including phenoxy) is 2. The lowest BCUT2D eigenvalue weighted by Gasteiger charge is -2.29. The molecule has 2 heterocycles. The molecule has 0 radical (unpaired) electrons. The Balaban J connectivity index is 1.55. The largest absolute Gasteiger partial charge is 0.456 e. The van der Waals surface area contributed by atoms with Crippen LogP contribution in [-0.2, 0) is 9.47 Å². The molecule has 1 N–H and O–H groups in total. The molecule has 1 aliphatic rings. The second kappa shape index (κ2) is 12.0. The third kappa shape index (κ3) is 8.03. The van der Waals surface area contributed by atoms with Crippen molar-refractivity contribution in [2.75, 3.05) is 18.4 Å². The zero-order valence-corrected chi connectivity index (χ0v) is 24.5. The molecule has 214 valence electrons. The van der Waals surface area contributed by atoms with Gasteiger partial charge < -0.3 is 19.7 Å². The Morgan fingerprint density at radius 1 is 0.854 bits per heavy atom. The molecular weight excluding hydrogens is 518 g/mol. The third-order valence-corrected chi connectivity index (χ3v) is 6.20. The van der Waals surface area contributed by atoms with Crippen LogP contribution < -0.4 is 5.32 Å². The number of nitrogens with one attached hydrogen (secondary N) is 1. The van der Waals surface area contributed by atoms with Crippen LogP contribution in [0.15, 0.2) is 72.9 Å². The molecule has 1 aromatic heterocycles. The van der Waals surface area contributed by atoms with E-state index in [2.05, 4.69) is 10.3 Å². The van der Waals surface area contributed by atoms with Crippen molar-refractivity contribution < 1.29 is 23.9 Å². The summed E-state index contributed by atoms with van der Waals surface area (Å²) in [7, 11) is 0. The van der Waals surface area contributed by atoms with Crippen LogP contribution in [0, 0.1) is 0 Å². The second-order valence-corrected chi connectivity index (χ2v) is 11.9. The molecular formula is C33H37N3O5. The molecule has 0 bridgehead atoms. The maximum Gasteiger partial charge on any atom is 0.410 e. The Kier molecular flexibility index (Phi) is 8.61. The number of nitrogens with zero attached hydrogens (tertiary/aromatic N) is 2. The predicted octanol–water partition coefficient (Wildman–Crippen LogP) is 6.98. The van der Waals surface area contributed by atoms with Crippen LogP contribution in [0.25, 0.3) is 16.7 Å². The van der Waals surface area contributed by atoms with E-state index in [1.54, 1.807) is 35.4 Å². The first-order chi connectivity index (χ1) is 19.3. The molecule has 8 heteroatoms. The first-order valence-electron chi connectivity index (χ1n) is 13.7. The molecule has 2 amide bonds. The van der Waals surface area contributed by atoms with Crippen LogP contribution in [0.3, 0.4) is 0 Å². The molecule has 0 atom stereocenters. The molecule has 2 aromatic carbocycles. The van der Waals surface area contributed by atoms with Crippen molar-refractivity contribution in [3.63, 3.8) is 0 Å². The lowest BCUT2D eigenvalue weighted by Crippen LogP contribution is -2.39. The molecule has 4 rings (SSSR count). The van der Waals surface area contributed by atoms with Gasteiger partial charge in [-0.1, -0.05) is 36.4 Å². The average Bonchev–Trinajstić information content (AvgIpc) is 2.92. The van der Waals surface area contributed by atoms with E-state index in [0.29, 0.717) is 36.3 Å². The van der Waals surface area contributed by atoms with Gasteiger partial charge in [-0.25, -0.2) is 14.6 Å². The summed E-state index contributed by atoms with van der Waals surface area (Å²) in [6.07, 6.45) is 4.01. The third-order valence-electron chi connectivity index (χ3n) is 6.20. The molecule has 0 aliphatic carbocycles. The zero-order valence-electron chi connectivity index (χ0n) is 24.5. The highest BCUT2D eigenvalue weighted by Crippen LogP contribution is 2.30. The Hall–Kier alpha value is -4.46. The van der Waals surface area contributed by atoms with Crippen LogP contribution in [0.4, 0.5) is 10.5 Å². The summed E-state index contributed by atoms with van der Waals surface area (Å²) >= 11 is 0. The molecule has 8 nitrogen and oxygen atoms in total. The number of benzene rings is 2. The number of anilines is 1. The fourth-order valence-corrected chi connectivity index (χ4v) is 4.30. The summed E-state index contributed by atoms with van der Waals surface area (Å²) in [6, 6.07) is 18.2. The summed E-state index contributed by atoms with van der Waals surface area (Å²) < 4.78 is 10.9. The van der Waals surface area contributed by atoms with Gasteiger partial charge in [-0.15, -0.1) is 0 Å². The van der Waals surface area contributed by atoms with Gasteiger partial charge in [-0.2, -0.15) is 0 Å². The first kappa shape index (κ1) is 29.5. The standard InChI is InChI=1S/C33H37N3O5/c1-32(2,3)40-30(38)24-12-14-26(15-13-24)35-29(37)28-27(23-10-8-7-9-11-23)20-25(21-34-28)22-16-18-36(19-17-22)31(39)41-33(4,5)6/h7-16,20-21H,17-19H2,1-6H3,(H,35,37). The van der Waals surface area contributed by atoms with Gasteiger partial charge >= 0.3 is 12.1 Å². The van der Waals surface area contributed by atoms with E-state index in [-0.39, 0.29) is 17.7 Å². The molecule has 0 fully saturated rings. The molecule has 41 heavy (non-hydrogen) atoms. The number of amides is 2. The van der Waals surface area contributed by atoms with Crippen molar-refractivity contribution >= 4 is 29.2 Å². The second-order valence-electron chi connectivity index (χ2n) is 11.9. The number of hydrogen-bond acceptors (Lipinski definition) is 6. The van der Waals surface area contributed by atoms with Crippen LogP contribution in [0.5, 0.6) is 0 Å². The van der Waals surface area contributed by atoms with Crippen molar-refractivity contribution in [1.82, 2.24) is 9.88 Å². The SMILES string of the molecule is CC(C)(C)OC(=O)c1ccc(NC(=O)c2ncc(C3=CCN(C(=O)OC(C)(C)C)CC3)cc2-c2ccccc2)cc1. The Morgan fingerprint density at radius 2 is 1.51 bits per heavy atom. The van der Waals surface area contributed by atoms with E-state index in [1.807, 2.05) is 84.0 Å². The van der Waals surface area contributed by atoms with E-state index in [9.17, 15) is 14.4 Å². The van der Waals surface area contributed by atoms with Gasteiger partial charge in [0.1, 0.15) is 16.9 Å². The summed E-state index contributed by atoms with van der Waals surface area (Å²) in [5.41, 5.74) is 3.57.